The van der Waals surface area contributed by atoms with E-state index in [4.69, 9.17) is 4.74 Å². The summed E-state index contributed by atoms with van der Waals surface area (Å²) in [5, 5.41) is 11.4. The van der Waals surface area contributed by atoms with E-state index in [9.17, 15) is 9.90 Å². The minimum absolute atomic E-state index is 0.260. The number of rotatable bonds is 4. The molecule has 5 heteroatoms. The molecule has 0 spiro atoms. The Hall–Kier alpha value is -1.75. The van der Waals surface area contributed by atoms with Crippen LogP contribution >= 0.6 is 0 Å². The normalized spacial score (nSPS) is 23.4. The van der Waals surface area contributed by atoms with E-state index in [2.05, 4.69) is 24.3 Å². The number of nitrogens with one attached hydrogen (secondary N) is 1. The number of anilines is 1. The van der Waals surface area contributed by atoms with Gasteiger partial charge in [0.15, 0.2) is 0 Å². The summed E-state index contributed by atoms with van der Waals surface area (Å²) < 4.78 is 5.18. The monoisotopic (exact) mass is 278 g/mol. The first kappa shape index (κ1) is 14.7. The van der Waals surface area contributed by atoms with E-state index in [0.29, 0.717) is 23.5 Å². The van der Waals surface area contributed by atoms with Gasteiger partial charge in [0, 0.05) is 18.2 Å². The lowest BCUT2D eigenvalue weighted by Gasteiger charge is -2.39. The average Bonchev–Trinajstić information content (AvgIpc) is 2.42. The van der Waals surface area contributed by atoms with Crippen LogP contribution in [0.4, 0.5) is 5.69 Å². The third-order valence-corrected chi connectivity index (χ3v) is 3.90. The molecule has 1 aromatic carbocycles. The van der Waals surface area contributed by atoms with Gasteiger partial charge in [-0.2, -0.15) is 0 Å². The predicted molar refractivity (Wildman–Crippen MR) is 78.2 cm³/mol. The number of nitrogens with zero attached hydrogens (tertiary/aromatic N) is 1. The van der Waals surface area contributed by atoms with Crippen molar-refractivity contribution in [2.45, 2.75) is 45.2 Å². The second-order valence-electron chi connectivity index (χ2n) is 5.36. The van der Waals surface area contributed by atoms with Crippen molar-refractivity contribution in [3.63, 3.8) is 0 Å². The van der Waals surface area contributed by atoms with Crippen molar-refractivity contribution in [1.29, 1.82) is 0 Å². The summed E-state index contributed by atoms with van der Waals surface area (Å²) in [7, 11) is 1.58. The van der Waals surface area contributed by atoms with Crippen LogP contribution in [0.25, 0.3) is 0 Å². The predicted octanol–water partition coefficient (Wildman–Crippen LogP) is 2.98. The maximum Gasteiger partial charge on any atom is 0.337 e. The second-order valence-corrected chi connectivity index (χ2v) is 5.36. The van der Waals surface area contributed by atoms with Gasteiger partial charge < -0.3 is 15.3 Å². The molecule has 2 N–H and O–H groups in total. The Morgan fingerprint density at radius 2 is 2.00 bits per heavy atom. The van der Waals surface area contributed by atoms with Gasteiger partial charge in [-0.15, -0.1) is 0 Å². The Morgan fingerprint density at radius 1 is 1.35 bits per heavy atom. The molecule has 1 heterocycles. The van der Waals surface area contributed by atoms with E-state index in [1.807, 2.05) is 0 Å². The van der Waals surface area contributed by atoms with Crippen LogP contribution in [0.15, 0.2) is 18.2 Å². The molecule has 1 fully saturated rings. The molecule has 0 bridgehead atoms. The summed E-state index contributed by atoms with van der Waals surface area (Å²) in [5.41, 5.74) is 4.12. The van der Waals surface area contributed by atoms with Crippen LogP contribution in [-0.4, -0.2) is 35.3 Å². The zero-order chi connectivity index (χ0) is 14.7. The van der Waals surface area contributed by atoms with Crippen molar-refractivity contribution in [3.8, 4) is 5.75 Å². The average molecular weight is 278 g/mol. The SMILES string of the molecule is COc1ccc(C(=O)O)c(NN2C(C)CCCC2C)c1. The zero-order valence-corrected chi connectivity index (χ0v) is 12.2. The van der Waals surface area contributed by atoms with Gasteiger partial charge in [-0.1, -0.05) is 6.42 Å². The standard InChI is InChI=1S/C15H22N2O3/c1-10-5-4-6-11(2)17(10)16-14-9-12(20-3)7-8-13(14)15(18)19/h7-11,16H,4-6H2,1-3H3,(H,18,19). The smallest absolute Gasteiger partial charge is 0.337 e. The number of aromatic carboxylic acids is 1. The number of hydrazine groups is 1. The Labute approximate surface area is 119 Å². The van der Waals surface area contributed by atoms with E-state index in [1.165, 1.54) is 6.42 Å². The van der Waals surface area contributed by atoms with Gasteiger partial charge in [0.1, 0.15) is 5.75 Å². The first-order chi connectivity index (χ1) is 9.52. The van der Waals surface area contributed by atoms with E-state index in [1.54, 1.807) is 25.3 Å². The molecule has 110 valence electrons. The summed E-state index contributed by atoms with van der Waals surface area (Å²) in [4.78, 5) is 11.3. The molecule has 2 rings (SSSR count). The van der Waals surface area contributed by atoms with Crippen LogP contribution in [0.3, 0.4) is 0 Å². The number of hydrogen-bond acceptors (Lipinski definition) is 4. The summed E-state index contributed by atoms with van der Waals surface area (Å²) in [6.45, 7) is 4.31. The van der Waals surface area contributed by atoms with Gasteiger partial charge in [-0.3, -0.25) is 0 Å². The van der Waals surface area contributed by atoms with Crippen molar-refractivity contribution >= 4 is 11.7 Å². The van der Waals surface area contributed by atoms with E-state index < -0.39 is 5.97 Å². The lowest BCUT2D eigenvalue weighted by atomic mass is 10.00. The number of carboxylic acids is 1. The van der Waals surface area contributed by atoms with E-state index in [0.717, 1.165) is 12.8 Å². The maximum atomic E-state index is 11.3. The Kier molecular flexibility index (Phi) is 4.49. The topological polar surface area (TPSA) is 61.8 Å². The fourth-order valence-corrected chi connectivity index (χ4v) is 2.71. The number of carboxylic acid groups (broad SMARTS) is 1. The molecule has 0 aromatic heterocycles. The molecule has 1 saturated heterocycles. The molecule has 1 aliphatic rings. The van der Waals surface area contributed by atoms with Gasteiger partial charge in [-0.25, -0.2) is 9.80 Å². The third-order valence-electron chi connectivity index (χ3n) is 3.90. The molecule has 0 aliphatic carbocycles. The highest BCUT2D eigenvalue weighted by atomic mass is 16.5. The highest BCUT2D eigenvalue weighted by Gasteiger charge is 2.26. The Bertz CT molecular complexity index is 480. The highest BCUT2D eigenvalue weighted by Crippen LogP contribution is 2.27. The molecular formula is C15H22N2O3. The van der Waals surface area contributed by atoms with Crippen LogP contribution in [-0.2, 0) is 0 Å². The number of piperidine rings is 1. The van der Waals surface area contributed by atoms with Gasteiger partial charge in [0.2, 0.25) is 0 Å². The van der Waals surface area contributed by atoms with Crippen molar-refractivity contribution in [3.05, 3.63) is 23.8 Å². The second kappa shape index (κ2) is 6.13. The molecule has 0 amide bonds. The van der Waals surface area contributed by atoms with Gasteiger partial charge >= 0.3 is 5.97 Å². The quantitative estimate of drug-likeness (QED) is 0.886. The minimum atomic E-state index is -0.938. The van der Waals surface area contributed by atoms with E-state index in [-0.39, 0.29) is 5.56 Å². The summed E-state index contributed by atoms with van der Waals surface area (Å²) in [6.07, 6.45) is 3.44. The first-order valence-corrected chi connectivity index (χ1v) is 6.99. The minimum Gasteiger partial charge on any atom is -0.497 e. The summed E-state index contributed by atoms with van der Waals surface area (Å²) in [6, 6.07) is 5.73. The van der Waals surface area contributed by atoms with Crippen LogP contribution in [0.5, 0.6) is 5.75 Å². The molecule has 0 saturated carbocycles. The number of carbonyl (C=O) groups is 1. The fourth-order valence-electron chi connectivity index (χ4n) is 2.71. The largest absolute Gasteiger partial charge is 0.497 e. The van der Waals surface area contributed by atoms with Crippen molar-refractivity contribution < 1.29 is 14.6 Å². The Morgan fingerprint density at radius 3 is 2.55 bits per heavy atom. The van der Waals surface area contributed by atoms with Gasteiger partial charge in [0.05, 0.1) is 18.4 Å². The van der Waals surface area contributed by atoms with Crippen molar-refractivity contribution in [2.75, 3.05) is 12.5 Å². The molecular weight excluding hydrogens is 256 g/mol. The fraction of sp³-hybridized carbons (Fsp3) is 0.533. The highest BCUT2D eigenvalue weighted by molar-refractivity contribution is 5.94. The van der Waals surface area contributed by atoms with Crippen LogP contribution in [0.1, 0.15) is 43.5 Å². The van der Waals surface area contributed by atoms with Crippen molar-refractivity contribution in [2.24, 2.45) is 0 Å². The van der Waals surface area contributed by atoms with Gasteiger partial charge in [0.25, 0.3) is 0 Å². The molecule has 5 nitrogen and oxygen atoms in total. The van der Waals surface area contributed by atoms with Crippen LogP contribution in [0, 0.1) is 0 Å². The molecule has 20 heavy (non-hydrogen) atoms. The summed E-state index contributed by atoms with van der Waals surface area (Å²) >= 11 is 0. The number of benzene rings is 1. The molecule has 1 aromatic rings. The number of hydrogen-bond donors (Lipinski definition) is 2. The lowest BCUT2D eigenvalue weighted by Crippen LogP contribution is -2.47. The zero-order valence-electron chi connectivity index (χ0n) is 12.2. The maximum absolute atomic E-state index is 11.3. The Balaban J connectivity index is 2.28. The summed E-state index contributed by atoms with van der Waals surface area (Å²) in [5.74, 6) is -0.290. The molecule has 2 unspecified atom stereocenters. The van der Waals surface area contributed by atoms with Crippen LogP contribution < -0.4 is 10.2 Å². The third kappa shape index (κ3) is 3.04. The van der Waals surface area contributed by atoms with Gasteiger partial charge in [-0.05, 0) is 38.8 Å². The molecule has 0 radical (unpaired) electrons. The molecule has 2 atom stereocenters. The lowest BCUT2D eigenvalue weighted by molar-refractivity contribution is 0.0696. The number of ether oxygens (including phenoxy) is 1. The van der Waals surface area contributed by atoms with Crippen molar-refractivity contribution in [1.82, 2.24) is 5.01 Å². The first-order valence-electron chi connectivity index (χ1n) is 6.99. The van der Waals surface area contributed by atoms with E-state index >= 15 is 0 Å². The molecule has 1 aliphatic heterocycles. The number of methoxy groups -OCH3 is 1. The van der Waals surface area contributed by atoms with Crippen LogP contribution in [0.2, 0.25) is 0 Å².